The van der Waals surface area contributed by atoms with Crippen LogP contribution in [0.2, 0.25) is 5.02 Å². The molecule has 0 aliphatic heterocycles. The fourth-order valence-electron chi connectivity index (χ4n) is 2.33. The third-order valence-electron chi connectivity index (χ3n) is 3.53. The molecular formula is C16H15ClN2. The van der Waals surface area contributed by atoms with E-state index >= 15 is 0 Å². The van der Waals surface area contributed by atoms with Crippen molar-refractivity contribution in [2.75, 3.05) is 0 Å². The van der Waals surface area contributed by atoms with Crippen LogP contribution in [0.3, 0.4) is 0 Å². The van der Waals surface area contributed by atoms with Gasteiger partial charge in [-0.25, -0.2) is 4.98 Å². The van der Waals surface area contributed by atoms with Crippen LogP contribution in [0.4, 0.5) is 0 Å². The van der Waals surface area contributed by atoms with Gasteiger partial charge in [0, 0.05) is 18.0 Å². The number of rotatable bonds is 1. The molecule has 3 rings (SSSR count). The number of pyridine rings is 1. The summed E-state index contributed by atoms with van der Waals surface area (Å²) in [5.74, 6) is 0. The molecule has 0 aliphatic carbocycles. The molecule has 2 aromatic heterocycles. The van der Waals surface area contributed by atoms with E-state index in [-0.39, 0.29) is 0 Å². The highest BCUT2D eigenvalue weighted by Crippen LogP contribution is 2.26. The zero-order valence-electron chi connectivity index (χ0n) is 11.2. The molecule has 0 spiro atoms. The van der Waals surface area contributed by atoms with E-state index in [0.29, 0.717) is 5.02 Å². The highest BCUT2D eigenvalue weighted by atomic mass is 35.5. The number of fused-ring (bicyclic) bond motifs is 1. The van der Waals surface area contributed by atoms with Crippen LogP contribution >= 0.6 is 11.6 Å². The Hall–Kier alpha value is -1.80. The summed E-state index contributed by atoms with van der Waals surface area (Å²) in [6.45, 7) is 6.39. The molecule has 2 heterocycles. The summed E-state index contributed by atoms with van der Waals surface area (Å²) in [6, 6.07) is 8.21. The first kappa shape index (κ1) is 12.2. The maximum Gasteiger partial charge on any atom is 0.137 e. The second-order valence-corrected chi connectivity index (χ2v) is 5.43. The van der Waals surface area contributed by atoms with Crippen LogP contribution in [-0.4, -0.2) is 9.38 Å². The Morgan fingerprint density at radius 1 is 0.947 bits per heavy atom. The molecule has 0 radical (unpaired) electrons. The normalized spacial score (nSPS) is 11.2. The first-order valence-electron chi connectivity index (χ1n) is 6.27. The zero-order valence-corrected chi connectivity index (χ0v) is 12.0. The summed E-state index contributed by atoms with van der Waals surface area (Å²) in [6.07, 6.45) is 3.90. The van der Waals surface area contributed by atoms with E-state index < -0.39 is 0 Å². The quantitative estimate of drug-likeness (QED) is 0.633. The topological polar surface area (TPSA) is 17.3 Å². The molecule has 96 valence electrons. The lowest BCUT2D eigenvalue weighted by Crippen LogP contribution is -1.88. The monoisotopic (exact) mass is 270 g/mol. The molecule has 3 heteroatoms. The van der Waals surface area contributed by atoms with Crippen LogP contribution in [0.15, 0.2) is 36.7 Å². The predicted octanol–water partition coefficient (Wildman–Crippen LogP) is 4.58. The van der Waals surface area contributed by atoms with Crippen LogP contribution in [0.25, 0.3) is 16.9 Å². The number of imidazole rings is 1. The van der Waals surface area contributed by atoms with E-state index in [9.17, 15) is 0 Å². The van der Waals surface area contributed by atoms with Crippen molar-refractivity contribution in [3.05, 3.63) is 58.4 Å². The summed E-state index contributed by atoms with van der Waals surface area (Å²) in [7, 11) is 0. The third-order valence-corrected chi connectivity index (χ3v) is 3.76. The molecule has 1 aromatic carbocycles. The van der Waals surface area contributed by atoms with Gasteiger partial charge in [0.1, 0.15) is 5.65 Å². The SMILES string of the molecule is Cc1cc(C)c(-c2cn3cc(Cl)ccc3n2)cc1C. The molecule has 0 saturated carbocycles. The van der Waals surface area contributed by atoms with E-state index in [1.54, 1.807) is 0 Å². The largest absolute Gasteiger partial charge is 0.305 e. The second kappa shape index (κ2) is 4.39. The fraction of sp³-hybridized carbons (Fsp3) is 0.188. The maximum absolute atomic E-state index is 6.00. The van der Waals surface area contributed by atoms with Gasteiger partial charge in [0.25, 0.3) is 0 Å². The summed E-state index contributed by atoms with van der Waals surface area (Å²) >= 11 is 6.00. The molecule has 3 aromatic rings. The average molecular weight is 271 g/mol. The number of hydrogen-bond donors (Lipinski definition) is 0. The molecule has 0 bridgehead atoms. The highest BCUT2D eigenvalue weighted by Gasteiger charge is 2.09. The van der Waals surface area contributed by atoms with Gasteiger partial charge in [-0.2, -0.15) is 0 Å². The first-order chi connectivity index (χ1) is 9.04. The molecule has 0 amide bonds. The van der Waals surface area contributed by atoms with E-state index in [0.717, 1.165) is 11.3 Å². The molecular weight excluding hydrogens is 256 g/mol. The summed E-state index contributed by atoms with van der Waals surface area (Å²) in [5, 5.41) is 0.716. The lowest BCUT2D eigenvalue weighted by Gasteiger charge is -2.07. The number of halogens is 1. The smallest absolute Gasteiger partial charge is 0.137 e. The Labute approximate surface area is 117 Å². The Bertz CT molecular complexity index is 772. The van der Waals surface area contributed by atoms with Crippen molar-refractivity contribution >= 4 is 17.2 Å². The van der Waals surface area contributed by atoms with E-state index in [4.69, 9.17) is 11.6 Å². The van der Waals surface area contributed by atoms with Crippen LogP contribution in [-0.2, 0) is 0 Å². The molecule has 0 fully saturated rings. The predicted molar refractivity (Wildman–Crippen MR) is 79.8 cm³/mol. The van der Waals surface area contributed by atoms with Crippen molar-refractivity contribution in [2.45, 2.75) is 20.8 Å². The number of nitrogens with zero attached hydrogens (tertiary/aromatic N) is 2. The van der Waals surface area contributed by atoms with Crippen LogP contribution in [0, 0.1) is 20.8 Å². The Morgan fingerprint density at radius 2 is 1.68 bits per heavy atom. The Balaban J connectivity index is 2.21. The summed E-state index contributed by atoms with van der Waals surface area (Å²) < 4.78 is 1.96. The minimum absolute atomic E-state index is 0.716. The van der Waals surface area contributed by atoms with Crippen molar-refractivity contribution in [3.63, 3.8) is 0 Å². The molecule has 0 atom stereocenters. The van der Waals surface area contributed by atoms with Gasteiger partial charge in [-0.1, -0.05) is 17.7 Å². The lowest BCUT2D eigenvalue weighted by atomic mass is 9.99. The van der Waals surface area contributed by atoms with Crippen molar-refractivity contribution in [2.24, 2.45) is 0 Å². The van der Waals surface area contributed by atoms with Crippen LogP contribution in [0.1, 0.15) is 16.7 Å². The average Bonchev–Trinajstić information content (AvgIpc) is 2.76. The third kappa shape index (κ3) is 2.13. The molecule has 19 heavy (non-hydrogen) atoms. The Morgan fingerprint density at radius 3 is 2.47 bits per heavy atom. The number of hydrogen-bond acceptors (Lipinski definition) is 1. The summed E-state index contributed by atoms with van der Waals surface area (Å²) in [5.41, 5.74) is 6.93. The standard InChI is InChI=1S/C16H15ClN2/c1-10-6-12(3)14(7-11(10)2)15-9-19-8-13(17)4-5-16(19)18-15/h4-9H,1-3H3. The number of aryl methyl sites for hydroxylation is 3. The van der Waals surface area contributed by atoms with E-state index in [1.807, 2.05) is 28.9 Å². The van der Waals surface area contributed by atoms with Crippen molar-refractivity contribution in [1.82, 2.24) is 9.38 Å². The minimum Gasteiger partial charge on any atom is -0.305 e. The van der Waals surface area contributed by atoms with Gasteiger partial charge >= 0.3 is 0 Å². The van der Waals surface area contributed by atoms with Gasteiger partial charge in [0.2, 0.25) is 0 Å². The van der Waals surface area contributed by atoms with E-state index in [2.05, 4.69) is 37.9 Å². The molecule has 2 nitrogen and oxygen atoms in total. The van der Waals surface area contributed by atoms with Crippen LogP contribution < -0.4 is 0 Å². The maximum atomic E-state index is 6.00. The first-order valence-corrected chi connectivity index (χ1v) is 6.65. The molecule has 0 N–H and O–H groups in total. The van der Waals surface area contributed by atoms with Crippen molar-refractivity contribution < 1.29 is 0 Å². The van der Waals surface area contributed by atoms with Gasteiger partial charge in [-0.05, 0) is 55.7 Å². The minimum atomic E-state index is 0.716. The van der Waals surface area contributed by atoms with E-state index in [1.165, 1.54) is 22.3 Å². The molecule has 0 saturated heterocycles. The Kier molecular flexibility index (Phi) is 2.83. The number of aromatic nitrogens is 2. The molecule has 0 aliphatic rings. The number of benzene rings is 1. The molecule has 0 unspecified atom stereocenters. The van der Waals surface area contributed by atoms with Gasteiger partial charge in [-0.3, -0.25) is 0 Å². The van der Waals surface area contributed by atoms with Crippen LogP contribution in [0.5, 0.6) is 0 Å². The highest BCUT2D eigenvalue weighted by molar-refractivity contribution is 6.30. The fourth-order valence-corrected chi connectivity index (χ4v) is 2.50. The van der Waals surface area contributed by atoms with Gasteiger partial charge in [0.15, 0.2) is 0 Å². The second-order valence-electron chi connectivity index (χ2n) is 4.99. The van der Waals surface area contributed by atoms with Crippen molar-refractivity contribution in [3.8, 4) is 11.3 Å². The van der Waals surface area contributed by atoms with Crippen molar-refractivity contribution in [1.29, 1.82) is 0 Å². The van der Waals surface area contributed by atoms with Gasteiger partial charge < -0.3 is 4.40 Å². The van der Waals surface area contributed by atoms with Gasteiger partial charge in [-0.15, -0.1) is 0 Å². The summed E-state index contributed by atoms with van der Waals surface area (Å²) in [4.78, 5) is 4.66. The lowest BCUT2D eigenvalue weighted by molar-refractivity contribution is 1.19. The van der Waals surface area contributed by atoms with Gasteiger partial charge in [0.05, 0.1) is 10.7 Å². The zero-order chi connectivity index (χ0) is 13.6.